The van der Waals surface area contributed by atoms with Gasteiger partial charge in [0.1, 0.15) is 0 Å². The lowest BCUT2D eigenvalue weighted by atomic mass is 10.0. The Morgan fingerprint density at radius 2 is 2.17 bits per heavy atom. The van der Waals surface area contributed by atoms with Gasteiger partial charge in [0.25, 0.3) is 0 Å². The first-order valence-corrected chi connectivity index (χ1v) is 6.70. The summed E-state index contributed by atoms with van der Waals surface area (Å²) in [5, 5.41) is 0. The Balaban J connectivity index is 2.16. The van der Waals surface area contributed by atoms with Crippen LogP contribution in [0.2, 0.25) is 0 Å². The normalized spacial score (nSPS) is 25.9. The highest BCUT2D eigenvalue weighted by Crippen LogP contribution is 2.24. The molecule has 0 amide bonds. The highest BCUT2D eigenvalue weighted by atomic mass is 15.3. The predicted octanol–water partition coefficient (Wildman–Crippen LogP) is 1.11. The van der Waals surface area contributed by atoms with Crippen LogP contribution in [0.1, 0.15) is 25.6 Å². The van der Waals surface area contributed by atoms with Gasteiger partial charge in [-0.1, -0.05) is 6.07 Å². The van der Waals surface area contributed by atoms with Crippen molar-refractivity contribution in [2.45, 2.75) is 32.0 Å². The van der Waals surface area contributed by atoms with Gasteiger partial charge < -0.3 is 10.6 Å². The topological polar surface area (TPSA) is 45.4 Å². The molecule has 1 aromatic heterocycles. The molecule has 0 saturated carbocycles. The molecule has 100 valence electrons. The van der Waals surface area contributed by atoms with E-state index in [-0.39, 0.29) is 12.1 Å². The van der Waals surface area contributed by atoms with Crippen LogP contribution in [-0.2, 0) is 0 Å². The molecule has 1 aliphatic heterocycles. The molecule has 18 heavy (non-hydrogen) atoms. The van der Waals surface area contributed by atoms with Gasteiger partial charge in [0.15, 0.2) is 0 Å². The largest absolute Gasteiger partial charge is 0.326 e. The molecule has 0 aromatic carbocycles. The maximum absolute atomic E-state index is 6.18. The lowest BCUT2D eigenvalue weighted by Gasteiger charge is -2.42. The van der Waals surface area contributed by atoms with E-state index >= 15 is 0 Å². The van der Waals surface area contributed by atoms with Gasteiger partial charge in [-0.2, -0.15) is 0 Å². The van der Waals surface area contributed by atoms with E-state index in [1.165, 1.54) is 0 Å². The van der Waals surface area contributed by atoms with Crippen LogP contribution in [0.4, 0.5) is 0 Å². The number of likely N-dealkylation sites (N-methyl/N-ethyl adjacent to an activating group) is 1. The predicted molar refractivity (Wildman–Crippen MR) is 74.3 cm³/mol. The van der Waals surface area contributed by atoms with Gasteiger partial charge in [-0.05, 0) is 33.0 Å². The minimum atomic E-state index is 0.0931. The molecule has 3 atom stereocenters. The summed E-state index contributed by atoms with van der Waals surface area (Å²) in [5.41, 5.74) is 7.27. The van der Waals surface area contributed by atoms with Crippen molar-refractivity contribution in [3.63, 3.8) is 0 Å². The van der Waals surface area contributed by atoms with Crippen LogP contribution in [0.15, 0.2) is 24.4 Å². The second kappa shape index (κ2) is 5.78. The first kappa shape index (κ1) is 13.5. The lowest BCUT2D eigenvalue weighted by molar-refractivity contribution is 0.0623. The third-order valence-electron chi connectivity index (χ3n) is 3.87. The number of rotatable bonds is 3. The van der Waals surface area contributed by atoms with E-state index in [0.29, 0.717) is 6.04 Å². The Hall–Kier alpha value is -0.970. The molecule has 1 aromatic rings. The van der Waals surface area contributed by atoms with Crippen LogP contribution >= 0.6 is 0 Å². The van der Waals surface area contributed by atoms with Gasteiger partial charge >= 0.3 is 0 Å². The van der Waals surface area contributed by atoms with Gasteiger partial charge in [-0.15, -0.1) is 0 Å². The average Bonchev–Trinajstić information content (AvgIpc) is 2.35. The molecule has 1 aliphatic rings. The van der Waals surface area contributed by atoms with Crippen molar-refractivity contribution in [3.8, 4) is 0 Å². The second-order valence-electron chi connectivity index (χ2n) is 5.38. The molecule has 4 heteroatoms. The molecule has 0 spiro atoms. The summed E-state index contributed by atoms with van der Waals surface area (Å²) in [4.78, 5) is 9.35. The summed E-state index contributed by atoms with van der Waals surface area (Å²) in [5.74, 6) is 0. The number of pyridine rings is 1. The molecule has 2 heterocycles. The average molecular weight is 248 g/mol. The van der Waals surface area contributed by atoms with Crippen molar-refractivity contribution in [3.05, 3.63) is 30.1 Å². The van der Waals surface area contributed by atoms with Crippen LogP contribution < -0.4 is 5.73 Å². The zero-order chi connectivity index (χ0) is 13.1. The van der Waals surface area contributed by atoms with Crippen molar-refractivity contribution in [1.82, 2.24) is 14.8 Å². The molecule has 1 fully saturated rings. The molecule has 2 N–H and O–H groups in total. The van der Waals surface area contributed by atoms with Crippen molar-refractivity contribution >= 4 is 0 Å². The Morgan fingerprint density at radius 1 is 1.39 bits per heavy atom. The molecule has 4 nitrogen and oxygen atoms in total. The molecule has 1 saturated heterocycles. The minimum absolute atomic E-state index is 0.0931. The monoisotopic (exact) mass is 248 g/mol. The van der Waals surface area contributed by atoms with E-state index in [0.717, 1.165) is 25.3 Å². The van der Waals surface area contributed by atoms with Crippen LogP contribution in [0, 0.1) is 0 Å². The quantitative estimate of drug-likeness (QED) is 0.870. The molecule has 3 unspecified atom stereocenters. The molecular weight excluding hydrogens is 224 g/mol. The van der Waals surface area contributed by atoms with Crippen LogP contribution in [0.5, 0.6) is 0 Å². The summed E-state index contributed by atoms with van der Waals surface area (Å²) < 4.78 is 0. The van der Waals surface area contributed by atoms with E-state index in [1.54, 1.807) is 0 Å². The lowest BCUT2D eigenvalue weighted by Crippen LogP contribution is -2.53. The van der Waals surface area contributed by atoms with Gasteiger partial charge in [0.05, 0.1) is 11.7 Å². The van der Waals surface area contributed by atoms with Crippen molar-refractivity contribution < 1.29 is 0 Å². The molecule has 0 bridgehead atoms. The van der Waals surface area contributed by atoms with Crippen molar-refractivity contribution in [2.24, 2.45) is 5.73 Å². The third-order valence-corrected chi connectivity index (χ3v) is 3.87. The Morgan fingerprint density at radius 3 is 2.72 bits per heavy atom. The number of piperazine rings is 1. The summed E-state index contributed by atoms with van der Waals surface area (Å²) in [6, 6.07) is 6.96. The zero-order valence-corrected chi connectivity index (χ0v) is 11.6. The zero-order valence-electron chi connectivity index (χ0n) is 11.6. The van der Waals surface area contributed by atoms with E-state index in [1.807, 2.05) is 18.3 Å². The molecule has 2 rings (SSSR count). The number of hydrogen-bond donors (Lipinski definition) is 1. The van der Waals surface area contributed by atoms with E-state index < -0.39 is 0 Å². The fraction of sp³-hybridized carbons (Fsp3) is 0.643. The van der Waals surface area contributed by atoms with Gasteiger partial charge in [-0.25, -0.2) is 0 Å². The second-order valence-corrected chi connectivity index (χ2v) is 5.38. The molecule has 0 aliphatic carbocycles. The fourth-order valence-corrected chi connectivity index (χ4v) is 2.67. The van der Waals surface area contributed by atoms with E-state index in [4.69, 9.17) is 5.73 Å². The Bertz CT molecular complexity index is 365. The number of nitrogens with two attached hydrogens (primary N) is 1. The highest BCUT2D eigenvalue weighted by molar-refractivity contribution is 5.11. The molecular formula is C14H24N4. The standard InChI is InChI=1S/C14H24N4/c1-11-10-18(9-8-17(11)3)14(12(2)15)13-6-4-5-7-16-13/h4-7,11-12,14H,8-10,15H2,1-3H3. The van der Waals surface area contributed by atoms with E-state index in [9.17, 15) is 0 Å². The Kier molecular flexibility index (Phi) is 4.32. The number of nitrogens with zero attached hydrogens (tertiary/aromatic N) is 3. The Labute approximate surface area is 110 Å². The minimum Gasteiger partial charge on any atom is -0.326 e. The smallest absolute Gasteiger partial charge is 0.0671 e. The summed E-state index contributed by atoms with van der Waals surface area (Å²) in [6.45, 7) is 7.55. The maximum atomic E-state index is 6.18. The first-order chi connectivity index (χ1) is 8.59. The first-order valence-electron chi connectivity index (χ1n) is 6.70. The van der Waals surface area contributed by atoms with E-state index in [2.05, 4.69) is 41.7 Å². The van der Waals surface area contributed by atoms with Gasteiger partial charge in [-0.3, -0.25) is 9.88 Å². The van der Waals surface area contributed by atoms with Crippen LogP contribution in [0.25, 0.3) is 0 Å². The summed E-state index contributed by atoms with van der Waals surface area (Å²) in [7, 11) is 2.18. The number of aromatic nitrogens is 1. The summed E-state index contributed by atoms with van der Waals surface area (Å²) >= 11 is 0. The van der Waals surface area contributed by atoms with Crippen molar-refractivity contribution in [1.29, 1.82) is 0 Å². The maximum Gasteiger partial charge on any atom is 0.0671 e. The fourth-order valence-electron chi connectivity index (χ4n) is 2.67. The van der Waals surface area contributed by atoms with Gasteiger partial charge in [0, 0.05) is 37.9 Å². The van der Waals surface area contributed by atoms with Crippen LogP contribution in [-0.4, -0.2) is 53.5 Å². The number of hydrogen-bond acceptors (Lipinski definition) is 4. The molecule has 0 radical (unpaired) electrons. The van der Waals surface area contributed by atoms with Crippen molar-refractivity contribution in [2.75, 3.05) is 26.7 Å². The highest BCUT2D eigenvalue weighted by Gasteiger charge is 2.30. The summed E-state index contributed by atoms with van der Waals surface area (Å²) in [6.07, 6.45) is 1.85. The van der Waals surface area contributed by atoms with Crippen LogP contribution in [0.3, 0.4) is 0 Å². The SMILES string of the molecule is CC(N)C(c1ccccn1)N1CCN(C)C(C)C1. The van der Waals surface area contributed by atoms with Gasteiger partial charge in [0.2, 0.25) is 0 Å². The third kappa shape index (κ3) is 2.88.